The van der Waals surface area contributed by atoms with Crippen LogP contribution in [0, 0.1) is 0 Å². The number of imidazole rings is 1. The lowest BCUT2D eigenvalue weighted by Crippen LogP contribution is -2.67. The molecule has 3 N–H and O–H groups in total. The number of carbonyl (C=O) groups excluding carboxylic acids is 1. The second kappa shape index (κ2) is 7.91. The maximum absolute atomic E-state index is 12.7. The Morgan fingerprint density at radius 1 is 1.59 bits per heavy atom. The number of rotatable bonds is 8. The number of nitrogens with zero attached hydrogens (tertiary/aromatic N) is 6. The molecule has 2 aromatic rings. The summed E-state index contributed by atoms with van der Waals surface area (Å²) in [5.41, 5.74) is 1.53. The van der Waals surface area contributed by atoms with Crippen LogP contribution in [0.15, 0.2) is 35.3 Å². The van der Waals surface area contributed by atoms with Crippen LogP contribution in [0.5, 0.6) is 0 Å². The Hall–Kier alpha value is -2.80. The fourth-order valence-electron chi connectivity index (χ4n) is 3.12. The lowest BCUT2D eigenvalue weighted by Gasteiger charge is -2.49. The maximum atomic E-state index is 12.7. The van der Waals surface area contributed by atoms with E-state index in [2.05, 4.69) is 37.4 Å². The van der Waals surface area contributed by atoms with E-state index in [4.69, 9.17) is 0 Å². The minimum absolute atomic E-state index is 0.0474. The molecule has 2 atom stereocenters. The molecule has 1 saturated heterocycles. The van der Waals surface area contributed by atoms with Crippen LogP contribution in [-0.4, -0.2) is 75.0 Å². The van der Waals surface area contributed by atoms with Gasteiger partial charge in [-0.25, -0.2) is 14.5 Å². The minimum Gasteiger partial charge on any atom is -0.477 e. The molecule has 0 aliphatic carbocycles. The Morgan fingerprint density at radius 3 is 3.10 bits per heavy atom. The van der Waals surface area contributed by atoms with Gasteiger partial charge >= 0.3 is 5.97 Å². The summed E-state index contributed by atoms with van der Waals surface area (Å²) in [5.74, 6) is -0.0194. The number of nitrogens with one attached hydrogen (secondary N) is 2. The molecule has 0 spiro atoms. The third kappa shape index (κ3) is 3.62. The first kappa shape index (κ1) is 19.5. The molecule has 4 rings (SSSR count). The largest absolute Gasteiger partial charge is 0.477 e. The highest BCUT2D eigenvalue weighted by molar-refractivity contribution is 8.01. The second-order valence-electron chi connectivity index (χ2n) is 6.40. The second-order valence-corrected chi connectivity index (χ2v) is 8.44. The Morgan fingerprint density at radius 2 is 2.41 bits per heavy atom. The molecule has 152 valence electrons. The maximum Gasteiger partial charge on any atom is 0.352 e. The quantitative estimate of drug-likeness (QED) is 0.305. The van der Waals surface area contributed by atoms with Crippen LogP contribution < -0.4 is 5.32 Å². The highest BCUT2D eigenvalue weighted by atomic mass is 32.2. The van der Waals surface area contributed by atoms with E-state index < -0.39 is 12.0 Å². The average molecular weight is 435 g/mol. The first-order valence-corrected chi connectivity index (χ1v) is 10.7. The predicted molar refractivity (Wildman–Crippen MR) is 107 cm³/mol. The first-order valence-electron chi connectivity index (χ1n) is 8.66. The number of anilines is 1. The van der Waals surface area contributed by atoms with Crippen LogP contribution >= 0.6 is 23.5 Å². The summed E-state index contributed by atoms with van der Waals surface area (Å²) in [5, 5.41) is 24.3. The lowest BCUT2D eigenvalue weighted by molar-refractivity contribution is -0.147. The third-order valence-electron chi connectivity index (χ3n) is 4.48. The van der Waals surface area contributed by atoms with E-state index in [1.165, 1.54) is 33.1 Å². The van der Waals surface area contributed by atoms with Crippen LogP contribution in [0.2, 0.25) is 0 Å². The number of aromatic nitrogens is 6. The smallest absolute Gasteiger partial charge is 0.352 e. The van der Waals surface area contributed by atoms with E-state index >= 15 is 0 Å². The molecule has 2 aromatic heterocycles. The number of allylic oxidation sites excluding steroid dienone is 1. The monoisotopic (exact) mass is 434 g/mol. The van der Waals surface area contributed by atoms with Gasteiger partial charge in [-0.3, -0.25) is 9.69 Å². The molecule has 2 aliphatic rings. The topological polar surface area (TPSA) is 142 Å². The number of aliphatic carboxylic acids is 1. The zero-order valence-corrected chi connectivity index (χ0v) is 17.0. The van der Waals surface area contributed by atoms with Gasteiger partial charge in [0, 0.05) is 31.2 Å². The van der Waals surface area contributed by atoms with Gasteiger partial charge in [0.05, 0.1) is 5.69 Å². The number of aromatic amines is 1. The van der Waals surface area contributed by atoms with Gasteiger partial charge in [0.25, 0.3) is 5.91 Å². The number of carboxylic acid groups (broad SMARTS) is 1. The van der Waals surface area contributed by atoms with E-state index in [1.807, 2.05) is 0 Å². The van der Waals surface area contributed by atoms with Crippen molar-refractivity contribution in [1.82, 2.24) is 35.1 Å². The Kier molecular flexibility index (Phi) is 5.32. The molecule has 1 amide bonds. The van der Waals surface area contributed by atoms with E-state index in [1.54, 1.807) is 19.3 Å². The molecular formula is C16H18N8O3S2. The average Bonchev–Trinajstić information content (AvgIpc) is 3.32. The van der Waals surface area contributed by atoms with E-state index in [0.717, 1.165) is 5.69 Å². The molecule has 0 saturated carbocycles. The number of hydrogen-bond donors (Lipinski definition) is 3. The lowest BCUT2D eigenvalue weighted by atomic mass is 10.0. The van der Waals surface area contributed by atoms with E-state index in [0.29, 0.717) is 34.6 Å². The van der Waals surface area contributed by atoms with Crippen molar-refractivity contribution in [3.05, 3.63) is 35.8 Å². The van der Waals surface area contributed by atoms with Crippen LogP contribution in [0.3, 0.4) is 0 Å². The summed E-state index contributed by atoms with van der Waals surface area (Å²) in [6.45, 7) is 3.67. The van der Waals surface area contributed by atoms with Crippen LogP contribution in [-0.2, 0) is 23.1 Å². The molecule has 29 heavy (non-hydrogen) atoms. The summed E-state index contributed by atoms with van der Waals surface area (Å²) in [6, 6.07) is -0.533. The van der Waals surface area contributed by atoms with Gasteiger partial charge < -0.3 is 15.4 Å². The number of β-lactam (4-membered cyclic amide) rings is 1. The molecule has 11 nitrogen and oxygen atoms in total. The van der Waals surface area contributed by atoms with Crippen molar-refractivity contribution in [2.45, 2.75) is 23.0 Å². The third-order valence-corrected chi connectivity index (χ3v) is 6.92. The summed E-state index contributed by atoms with van der Waals surface area (Å²) in [4.78, 5) is 33.3. The SMILES string of the molecule is C=CCc1c[nH]c(NC2C(=O)N3C(C(=O)O)=C(CSc4nnnn4C)CS[C@@H]23)n1. The van der Waals surface area contributed by atoms with Crippen molar-refractivity contribution in [2.24, 2.45) is 7.05 Å². The van der Waals surface area contributed by atoms with Crippen LogP contribution in [0.25, 0.3) is 0 Å². The molecular weight excluding hydrogens is 416 g/mol. The van der Waals surface area contributed by atoms with Gasteiger partial charge in [-0.2, -0.15) is 0 Å². The fourth-order valence-corrected chi connectivity index (χ4v) is 5.46. The summed E-state index contributed by atoms with van der Waals surface area (Å²) in [7, 11) is 1.71. The zero-order valence-electron chi connectivity index (χ0n) is 15.4. The van der Waals surface area contributed by atoms with Crippen molar-refractivity contribution in [3.8, 4) is 0 Å². The van der Waals surface area contributed by atoms with Crippen molar-refractivity contribution in [3.63, 3.8) is 0 Å². The molecule has 0 aromatic carbocycles. The highest BCUT2D eigenvalue weighted by Gasteiger charge is 2.53. The molecule has 1 fully saturated rings. The molecule has 4 heterocycles. The number of tetrazole rings is 1. The zero-order chi connectivity index (χ0) is 20.5. The minimum atomic E-state index is -1.11. The number of aryl methyl sites for hydroxylation is 1. The normalized spacial score (nSPS) is 21.0. The molecule has 1 unspecified atom stereocenters. The predicted octanol–water partition coefficient (Wildman–Crippen LogP) is 0.488. The standard InChI is InChI=1S/C16H18N8O3S2/c1-3-4-9-5-17-15(18-9)19-10-12(25)24-11(14(26)27)8(6-28-13(10)24)7-29-16-20-21-22-23(16)2/h3,5,10,13H,1,4,6-7H2,2H3,(H,26,27)(H2,17,18,19)/t10?,13-/m0/s1. The summed E-state index contributed by atoms with van der Waals surface area (Å²) >= 11 is 2.86. The Bertz CT molecular complexity index is 1000. The van der Waals surface area contributed by atoms with E-state index in [9.17, 15) is 14.7 Å². The number of amides is 1. The Balaban J connectivity index is 1.48. The number of carbonyl (C=O) groups is 2. The summed E-state index contributed by atoms with van der Waals surface area (Å²) in [6.07, 6.45) is 4.11. The van der Waals surface area contributed by atoms with Gasteiger partial charge in [0.15, 0.2) is 0 Å². The van der Waals surface area contributed by atoms with Gasteiger partial charge in [-0.15, -0.1) is 23.4 Å². The number of fused-ring (bicyclic) bond motifs is 1. The van der Waals surface area contributed by atoms with Crippen molar-refractivity contribution >= 4 is 41.3 Å². The van der Waals surface area contributed by atoms with Crippen LogP contribution in [0.1, 0.15) is 5.69 Å². The van der Waals surface area contributed by atoms with Gasteiger partial charge in [-0.05, 0) is 16.0 Å². The Labute approximate surface area is 174 Å². The van der Waals surface area contributed by atoms with Gasteiger partial charge in [0.2, 0.25) is 11.1 Å². The number of hydrogen-bond acceptors (Lipinski definition) is 9. The molecule has 0 bridgehead atoms. The number of thioether (sulfide) groups is 2. The van der Waals surface area contributed by atoms with Crippen molar-refractivity contribution in [1.29, 1.82) is 0 Å². The number of H-pyrrole nitrogens is 1. The molecule has 0 radical (unpaired) electrons. The molecule has 13 heteroatoms. The van der Waals surface area contributed by atoms with Gasteiger partial charge in [0.1, 0.15) is 17.1 Å². The van der Waals surface area contributed by atoms with Gasteiger partial charge in [-0.1, -0.05) is 17.8 Å². The van der Waals surface area contributed by atoms with E-state index in [-0.39, 0.29) is 17.0 Å². The molecule has 2 aliphatic heterocycles. The van der Waals surface area contributed by atoms with Crippen molar-refractivity contribution in [2.75, 3.05) is 16.8 Å². The fraction of sp³-hybridized carbons (Fsp3) is 0.375. The highest BCUT2D eigenvalue weighted by Crippen LogP contribution is 2.42. The number of carboxylic acids is 1. The van der Waals surface area contributed by atoms with Crippen molar-refractivity contribution < 1.29 is 14.7 Å². The summed E-state index contributed by atoms with van der Waals surface area (Å²) < 4.78 is 1.52. The first-order chi connectivity index (χ1) is 14.0. The van der Waals surface area contributed by atoms with Crippen LogP contribution in [0.4, 0.5) is 5.95 Å².